The normalized spacial score (nSPS) is 43.1. The molecule has 0 N–H and O–H groups in total. The second-order valence-electron chi connectivity index (χ2n) is 4.28. The third-order valence-electron chi connectivity index (χ3n) is 4.13. The molecule has 0 radical (unpaired) electrons. The number of carbonyl (C=O) groups is 1. The van der Waals surface area contributed by atoms with Crippen LogP contribution in [0.5, 0.6) is 0 Å². The van der Waals surface area contributed by atoms with Crippen molar-refractivity contribution in [3.63, 3.8) is 0 Å². The second kappa shape index (κ2) is 1.89. The summed E-state index contributed by atoms with van der Waals surface area (Å²) in [5, 5.41) is 0. The zero-order valence-electron chi connectivity index (χ0n) is 8.52. The van der Waals surface area contributed by atoms with Gasteiger partial charge in [-0.3, -0.25) is 0 Å². The van der Waals surface area contributed by atoms with Gasteiger partial charge in [0.15, 0.2) is 0 Å². The number of hydrogen-bond donors (Lipinski definition) is 0. The lowest BCUT2D eigenvalue weighted by molar-refractivity contribution is -0.146. The maximum Gasteiger partial charge on any atom is 0.335 e. The summed E-state index contributed by atoms with van der Waals surface area (Å²) in [6.45, 7) is 11.9. The maximum atomic E-state index is 11.4. The number of carbonyl (C=O) groups excluding carboxylic acids is 1. The summed E-state index contributed by atoms with van der Waals surface area (Å²) >= 11 is 0. The molecule has 1 fully saturated rings. The van der Waals surface area contributed by atoms with Crippen molar-refractivity contribution in [1.29, 1.82) is 0 Å². The van der Waals surface area contributed by atoms with Crippen LogP contribution >= 0.6 is 0 Å². The fraction of sp³-hybridized carbons (Fsp3) is 0.545. The minimum atomic E-state index is -0.425. The monoisotopic (exact) mass is 178 g/mol. The Bertz CT molecular complexity index is 364. The average molecular weight is 178 g/mol. The number of hydrogen-bond acceptors (Lipinski definition) is 2. The number of esters is 1. The molecule has 1 heterocycles. The van der Waals surface area contributed by atoms with Crippen LogP contribution in [0.4, 0.5) is 0 Å². The molecule has 0 aromatic rings. The molecule has 0 saturated carbocycles. The molecule has 1 saturated heterocycles. The van der Waals surface area contributed by atoms with Crippen molar-refractivity contribution in [1.82, 2.24) is 0 Å². The lowest BCUT2D eigenvalue weighted by Crippen LogP contribution is -2.52. The topological polar surface area (TPSA) is 26.3 Å². The standard InChI is InChI=1S/C11H14O2/c1-6-7(2)11(5)10(6,4)8(3)9(12)13-11/h3H2,1-2,4-5H3/t10-,11-/m0/s1. The van der Waals surface area contributed by atoms with E-state index in [1.54, 1.807) is 0 Å². The molecule has 0 aromatic carbocycles. The van der Waals surface area contributed by atoms with Crippen LogP contribution in [0.3, 0.4) is 0 Å². The highest BCUT2D eigenvalue weighted by Gasteiger charge is 2.66. The molecular formula is C11H14O2. The Morgan fingerprint density at radius 2 is 1.77 bits per heavy atom. The van der Waals surface area contributed by atoms with E-state index in [2.05, 4.69) is 6.58 Å². The molecule has 2 nitrogen and oxygen atoms in total. The third kappa shape index (κ3) is 0.578. The Morgan fingerprint density at radius 1 is 1.23 bits per heavy atom. The highest BCUT2D eigenvalue weighted by molar-refractivity contribution is 5.96. The zero-order valence-corrected chi connectivity index (χ0v) is 8.52. The molecule has 0 bridgehead atoms. The van der Waals surface area contributed by atoms with E-state index < -0.39 is 5.60 Å². The highest BCUT2D eigenvalue weighted by atomic mass is 16.6. The van der Waals surface area contributed by atoms with Crippen LogP contribution in [-0.4, -0.2) is 11.6 Å². The van der Waals surface area contributed by atoms with Crippen molar-refractivity contribution in [2.24, 2.45) is 5.41 Å². The van der Waals surface area contributed by atoms with Crippen LogP contribution < -0.4 is 0 Å². The summed E-state index contributed by atoms with van der Waals surface area (Å²) in [4.78, 5) is 11.4. The minimum absolute atomic E-state index is 0.249. The van der Waals surface area contributed by atoms with E-state index in [1.165, 1.54) is 11.1 Å². The van der Waals surface area contributed by atoms with Crippen LogP contribution in [0.15, 0.2) is 23.3 Å². The molecule has 70 valence electrons. The van der Waals surface area contributed by atoms with Crippen molar-refractivity contribution < 1.29 is 9.53 Å². The van der Waals surface area contributed by atoms with Crippen molar-refractivity contribution in [3.8, 4) is 0 Å². The Balaban J connectivity index is 2.63. The average Bonchev–Trinajstić information content (AvgIpc) is 2.26. The van der Waals surface area contributed by atoms with E-state index in [1.807, 2.05) is 27.7 Å². The number of fused-ring (bicyclic) bond motifs is 1. The van der Waals surface area contributed by atoms with Gasteiger partial charge in [-0.2, -0.15) is 0 Å². The SMILES string of the molecule is C=C1C(=O)O[C@@]2(C)C(C)=C(C)[C@@]12C. The van der Waals surface area contributed by atoms with E-state index in [4.69, 9.17) is 4.74 Å². The predicted molar refractivity (Wildman–Crippen MR) is 50.1 cm³/mol. The van der Waals surface area contributed by atoms with Crippen LogP contribution in [-0.2, 0) is 9.53 Å². The quantitative estimate of drug-likeness (QED) is 0.323. The molecule has 2 rings (SSSR count). The maximum absolute atomic E-state index is 11.4. The van der Waals surface area contributed by atoms with E-state index in [-0.39, 0.29) is 11.4 Å². The van der Waals surface area contributed by atoms with Gasteiger partial charge in [-0.05, 0) is 33.3 Å². The summed E-state index contributed by atoms with van der Waals surface area (Å²) < 4.78 is 5.35. The molecular weight excluding hydrogens is 164 g/mol. The molecule has 0 amide bonds. The molecule has 2 aliphatic rings. The summed E-state index contributed by atoms with van der Waals surface area (Å²) in [7, 11) is 0. The smallest absolute Gasteiger partial charge is 0.335 e. The Labute approximate surface area is 78.3 Å². The van der Waals surface area contributed by atoms with Crippen molar-refractivity contribution in [2.45, 2.75) is 33.3 Å². The van der Waals surface area contributed by atoms with E-state index >= 15 is 0 Å². The Kier molecular flexibility index (Phi) is 1.24. The molecule has 0 spiro atoms. The molecule has 13 heavy (non-hydrogen) atoms. The van der Waals surface area contributed by atoms with Crippen molar-refractivity contribution >= 4 is 5.97 Å². The Hall–Kier alpha value is -1.05. The first-order chi connectivity index (χ1) is 5.85. The predicted octanol–water partition coefficient (Wildman–Crippen LogP) is 2.21. The first-order valence-electron chi connectivity index (χ1n) is 4.47. The lowest BCUT2D eigenvalue weighted by atomic mass is 9.54. The van der Waals surface area contributed by atoms with E-state index in [9.17, 15) is 4.79 Å². The molecule has 0 aromatic heterocycles. The van der Waals surface area contributed by atoms with Gasteiger partial charge in [-0.15, -0.1) is 0 Å². The second-order valence-corrected chi connectivity index (χ2v) is 4.28. The van der Waals surface area contributed by atoms with E-state index in [0.717, 1.165) is 0 Å². The van der Waals surface area contributed by atoms with Crippen molar-refractivity contribution in [2.75, 3.05) is 0 Å². The summed E-state index contributed by atoms with van der Waals surface area (Å²) in [5.41, 5.74) is 2.31. The van der Waals surface area contributed by atoms with Gasteiger partial charge in [0.2, 0.25) is 0 Å². The number of rotatable bonds is 0. The summed E-state index contributed by atoms with van der Waals surface area (Å²) in [6.07, 6.45) is 0. The molecule has 2 atom stereocenters. The molecule has 2 heteroatoms. The minimum Gasteiger partial charge on any atom is -0.450 e. The highest BCUT2D eigenvalue weighted by Crippen LogP contribution is 2.63. The summed E-state index contributed by atoms with van der Waals surface area (Å²) in [5.74, 6) is -0.249. The molecule has 1 aliphatic carbocycles. The van der Waals surface area contributed by atoms with Gasteiger partial charge in [-0.1, -0.05) is 12.2 Å². The lowest BCUT2D eigenvalue weighted by Gasteiger charge is -2.50. The van der Waals surface area contributed by atoms with Gasteiger partial charge in [0.25, 0.3) is 0 Å². The zero-order chi connectivity index (χ0) is 10.0. The number of ether oxygens (including phenoxy) is 1. The largest absolute Gasteiger partial charge is 0.450 e. The third-order valence-corrected chi connectivity index (χ3v) is 4.13. The van der Waals surface area contributed by atoms with Gasteiger partial charge in [0.05, 0.1) is 5.41 Å². The summed E-state index contributed by atoms with van der Waals surface area (Å²) in [6, 6.07) is 0. The van der Waals surface area contributed by atoms with E-state index in [0.29, 0.717) is 5.57 Å². The molecule has 1 aliphatic heterocycles. The van der Waals surface area contributed by atoms with Crippen LogP contribution in [0.25, 0.3) is 0 Å². The fourth-order valence-corrected chi connectivity index (χ4v) is 2.55. The van der Waals surface area contributed by atoms with Gasteiger partial charge in [-0.25, -0.2) is 4.79 Å². The first-order valence-corrected chi connectivity index (χ1v) is 4.47. The van der Waals surface area contributed by atoms with Crippen molar-refractivity contribution in [3.05, 3.63) is 23.3 Å². The Morgan fingerprint density at radius 3 is 2.23 bits per heavy atom. The van der Waals surface area contributed by atoms with Gasteiger partial charge in [0.1, 0.15) is 5.60 Å². The van der Waals surface area contributed by atoms with Crippen LogP contribution in [0, 0.1) is 5.41 Å². The van der Waals surface area contributed by atoms with Crippen LogP contribution in [0.1, 0.15) is 27.7 Å². The van der Waals surface area contributed by atoms with Gasteiger partial charge < -0.3 is 4.74 Å². The molecule has 0 unspecified atom stereocenters. The van der Waals surface area contributed by atoms with Crippen LogP contribution in [0.2, 0.25) is 0 Å². The van der Waals surface area contributed by atoms with Gasteiger partial charge in [0, 0.05) is 5.57 Å². The first kappa shape index (κ1) is 8.54. The fourth-order valence-electron chi connectivity index (χ4n) is 2.55. The van der Waals surface area contributed by atoms with Gasteiger partial charge >= 0.3 is 5.97 Å².